The van der Waals surface area contributed by atoms with Crippen LogP contribution < -0.4 is 15.8 Å². The molecule has 6 heteroatoms. The lowest BCUT2D eigenvalue weighted by atomic mass is 10.1. The summed E-state index contributed by atoms with van der Waals surface area (Å²) < 4.78 is 30.8. The molecule has 0 bridgehead atoms. The Labute approximate surface area is 114 Å². The number of halogens is 2. The third-order valence-corrected chi connectivity index (χ3v) is 2.67. The van der Waals surface area contributed by atoms with E-state index in [0.717, 1.165) is 12.1 Å². The maximum Gasteiger partial charge on any atom is 0.255 e. The van der Waals surface area contributed by atoms with E-state index in [-0.39, 0.29) is 11.3 Å². The highest BCUT2D eigenvalue weighted by Crippen LogP contribution is 2.22. The van der Waals surface area contributed by atoms with Gasteiger partial charge in [0.25, 0.3) is 5.91 Å². The van der Waals surface area contributed by atoms with E-state index < -0.39 is 17.5 Å². The van der Waals surface area contributed by atoms with E-state index in [1.54, 1.807) is 6.07 Å². The van der Waals surface area contributed by atoms with Crippen molar-refractivity contribution in [1.82, 2.24) is 0 Å². The maximum absolute atomic E-state index is 13.0. The Morgan fingerprint density at radius 2 is 1.90 bits per heavy atom. The van der Waals surface area contributed by atoms with Gasteiger partial charge in [0.05, 0.1) is 12.8 Å². The van der Waals surface area contributed by atoms with Gasteiger partial charge in [-0.25, -0.2) is 8.78 Å². The topological polar surface area (TPSA) is 64.3 Å². The van der Waals surface area contributed by atoms with Crippen molar-refractivity contribution in [1.29, 1.82) is 0 Å². The van der Waals surface area contributed by atoms with E-state index in [1.807, 2.05) is 0 Å². The molecule has 0 saturated carbocycles. The summed E-state index contributed by atoms with van der Waals surface area (Å²) in [5.74, 6) is -2.03. The smallest absolute Gasteiger partial charge is 0.255 e. The molecule has 20 heavy (non-hydrogen) atoms. The quantitative estimate of drug-likeness (QED) is 0.848. The van der Waals surface area contributed by atoms with Crippen molar-refractivity contribution in [3.05, 3.63) is 53.6 Å². The van der Waals surface area contributed by atoms with Crippen LogP contribution in [0, 0.1) is 11.6 Å². The predicted octanol–water partition coefficient (Wildman–Crippen LogP) is 2.81. The molecule has 0 aliphatic heterocycles. The Kier molecular flexibility index (Phi) is 3.84. The Hall–Kier alpha value is -2.63. The van der Waals surface area contributed by atoms with Crippen molar-refractivity contribution in [3.8, 4) is 5.75 Å². The second-order valence-corrected chi connectivity index (χ2v) is 4.04. The van der Waals surface area contributed by atoms with Crippen LogP contribution in [0.3, 0.4) is 0 Å². The zero-order valence-electron chi connectivity index (χ0n) is 10.6. The summed E-state index contributed by atoms with van der Waals surface area (Å²) in [7, 11) is 1.47. The molecule has 0 radical (unpaired) electrons. The lowest BCUT2D eigenvalue weighted by Crippen LogP contribution is -2.12. The first-order valence-electron chi connectivity index (χ1n) is 5.71. The second kappa shape index (κ2) is 5.56. The minimum atomic E-state index is -1.03. The molecule has 3 N–H and O–H groups in total. The molecule has 4 nitrogen and oxygen atoms in total. The monoisotopic (exact) mass is 278 g/mol. The number of benzene rings is 2. The van der Waals surface area contributed by atoms with Crippen molar-refractivity contribution >= 4 is 17.3 Å². The standard InChI is InChI=1S/C14H12F2N2O2/c1-20-13-5-2-8(6-12(13)17)14(19)18-9-3-4-10(15)11(16)7-9/h2-7H,17H2,1H3,(H,18,19). The average Bonchev–Trinajstić information content (AvgIpc) is 2.42. The number of amides is 1. The highest BCUT2D eigenvalue weighted by molar-refractivity contribution is 6.05. The number of ether oxygens (including phenoxy) is 1. The number of rotatable bonds is 3. The van der Waals surface area contributed by atoms with Gasteiger partial charge in [-0.3, -0.25) is 4.79 Å². The van der Waals surface area contributed by atoms with Gasteiger partial charge in [-0.15, -0.1) is 0 Å². The first kappa shape index (κ1) is 13.8. The number of hydrogen-bond donors (Lipinski definition) is 2. The lowest BCUT2D eigenvalue weighted by Gasteiger charge is -2.08. The number of nitrogens with one attached hydrogen (secondary N) is 1. The van der Waals surface area contributed by atoms with E-state index in [4.69, 9.17) is 10.5 Å². The summed E-state index contributed by atoms with van der Waals surface area (Å²) in [5, 5.41) is 2.45. The highest BCUT2D eigenvalue weighted by Gasteiger charge is 2.10. The molecule has 0 saturated heterocycles. The van der Waals surface area contributed by atoms with Crippen LogP contribution >= 0.6 is 0 Å². The van der Waals surface area contributed by atoms with Gasteiger partial charge < -0.3 is 15.8 Å². The zero-order chi connectivity index (χ0) is 14.7. The number of carbonyl (C=O) groups excluding carboxylic acids is 1. The third kappa shape index (κ3) is 2.85. The van der Waals surface area contributed by atoms with Gasteiger partial charge in [0.1, 0.15) is 5.75 Å². The Bertz CT molecular complexity index is 660. The van der Waals surface area contributed by atoms with E-state index >= 15 is 0 Å². The Balaban J connectivity index is 2.19. The Morgan fingerprint density at radius 3 is 2.50 bits per heavy atom. The van der Waals surface area contributed by atoms with Crippen LogP contribution in [-0.4, -0.2) is 13.0 Å². The van der Waals surface area contributed by atoms with Gasteiger partial charge in [-0.05, 0) is 30.3 Å². The average molecular weight is 278 g/mol. The first-order valence-corrected chi connectivity index (χ1v) is 5.71. The van der Waals surface area contributed by atoms with E-state index in [9.17, 15) is 13.6 Å². The molecule has 2 aromatic carbocycles. The van der Waals surface area contributed by atoms with Crippen LogP contribution in [0.4, 0.5) is 20.2 Å². The second-order valence-electron chi connectivity index (χ2n) is 4.04. The molecular formula is C14H12F2N2O2. The molecule has 2 rings (SSSR count). The number of carbonyl (C=O) groups is 1. The van der Waals surface area contributed by atoms with Gasteiger partial charge >= 0.3 is 0 Å². The molecule has 0 atom stereocenters. The SMILES string of the molecule is COc1ccc(C(=O)Nc2ccc(F)c(F)c2)cc1N. The maximum atomic E-state index is 13.0. The molecule has 0 aliphatic rings. The number of nitrogens with two attached hydrogens (primary N) is 1. The van der Waals surface area contributed by atoms with Crippen molar-refractivity contribution in [2.45, 2.75) is 0 Å². The third-order valence-electron chi connectivity index (χ3n) is 2.67. The largest absolute Gasteiger partial charge is 0.495 e. The number of anilines is 2. The van der Waals surface area contributed by atoms with Crippen LogP contribution in [0.25, 0.3) is 0 Å². The summed E-state index contributed by atoms with van der Waals surface area (Å²) in [4.78, 5) is 11.9. The van der Waals surface area contributed by atoms with Gasteiger partial charge in [0, 0.05) is 17.3 Å². The minimum Gasteiger partial charge on any atom is -0.495 e. The van der Waals surface area contributed by atoms with Crippen molar-refractivity contribution in [2.24, 2.45) is 0 Å². The summed E-state index contributed by atoms with van der Waals surface area (Å²) in [6, 6.07) is 7.62. The molecule has 1 amide bonds. The van der Waals surface area contributed by atoms with Crippen molar-refractivity contribution in [2.75, 3.05) is 18.2 Å². The molecule has 0 aliphatic carbocycles. The van der Waals surface area contributed by atoms with E-state index in [2.05, 4.69) is 5.32 Å². The summed E-state index contributed by atoms with van der Waals surface area (Å²) in [6.45, 7) is 0. The first-order chi connectivity index (χ1) is 9.51. The fraction of sp³-hybridized carbons (Fsp3) is 0.0714. The molecular weight excluding hydrogens is 266 g/mol. The van der Waals surface area contributed by atoms with Crippen molar-refractivity contribution < 1.29 is 18.3 Å². The summed E-state index contributed by atoms with van der Waals surface area (Å²) >= 11 is 0. The van der Waals surface area contributed by atoms with Gasteiger partial charge in [-0.2, -0.15) is 0 Å². The lowest BCUT2D eigenvalue weighted by molar-refractivity contribution is 0.102. The molecule has 2 aromatic rings. The molecule has 0 unspecified atom stereocenters. The fourth-order valence-corrected chi connectivity index (χ4v) is 1.65. The normalized spacial score (nSPS) is 10.2. The van der Waals surface area contributed by atoms with Gasteiger partial charge in [0.15, 0.2) is 11.6 Å². The molecule has 0 heterocycles. The van der Waals surface area contributed by atoms with Gasteiger partial charge in [-0.1, -0.05) is 0 Å². The van der Waals surface area contributed by atoms with Crippen LogP contribution in [0.5, 0.6) is 5.75 Å². The van der Waals surface area contributed by atoms with Crippen LogP contribution in [0.1, 0.15) is 10.4 Å². The molecule has 0 spiro atoms. The fourth-order valence-electron chi connectivity index (χ4n) is 1.65. The summed E-state index contributed by atoms with van der Waals surface area (Å²) in [6.07, 6.45) is 0. The Morgan fingerprint density at radius 1 is 1.15 bits per heavy atom. The van der Waals surface area contributed by atoms with Crippen LogP contribution in [0.15, 0.2) is 36.4 Å². The molecule has 0 aromatic heterocycles. The van der Waals surface area contributed by atoms with Crippen LogP contribution in [0.2, 0.25) is 0 Å². The van der Waals surface area contributed by atoms with Crippen LogP contribution in [-0.2, 0) is 0 Å². The summed E-state index contributed by atoms with van der Waals surface area (Å²) in [5.41, 5.74) is 6.44. The van der Waals surface area contributed by atoms with Crippen molar-refractivity contribution in [3.63, 3.8) is 0 Å². The molecule has 104 valence electrons. The predicted molar refractivity (Wildman–Crippen MR) is 71.7 cm³/mol. The number of nitrogen functional groups attached to an aromatic ring is 1. The van der Waals surface area contributed by atoms with E-state index in [1.165, 1.54) is 25.3 Å². The van der Waals surface area contributed by atoms with Gasteiger partial charge in [0.2, 0.25) is 0 Å². The number of hydrogen-bond acceptors (Lipinski definition) is 3. The highest BCUT2D eigenvalue weighted by atomic mass is 19.2. The zero-order valence-corrected chi connectivity index (χ0v) is 10.6. The molecule has 0 fully saturated rings. The minimum absolute atomic E-state index is 0.156. The number of methoxy groups -OCH3 is 1. The van der Waals surface area contributed by atoms with E-state index in [0.29, 0.717) is 11.4 Å².